The van der Waals surface area contributed by atoms with Crippen LogP contribution >= 0.6 is 11.6 Å². The molecule has 1 N–H and O–H groups in total. The van der Waals surface area contributed by atoms with Gasteiger partial charge in [-0.2, -0.15) is 8.78 Å². The number of nitrogens with zero attached hydrogens (tertiary/aromatic N) is 2. The normalized spacial score (nSPS) is 11.9. The summed E-state index contributed by atoms with van der Waals surface area (Å²) in [6.07, 6.45) is -4.13. The fraction of sp³-hybridized carbons (Fsp3) is 0.182. The summed E-state index contributed by atoms with van der Waals surface area (Å²) in [5.41, 5.74) is 0.642. The number of hydrogen-bond donors (Lipinski definition) is 1. The minimum absolute atomic E-state index is 0.271. The number of halogens is 5. The first-order chi connectivity index (χ1) is 9.32. The summed E-state index contributed by atoms with van der Waals surface area (Å²) < 4.78 is 49.7. The van der Waals surface area contributed by atoms with E-state index < -0.39 is 24.1 Å². The zero-order chi connectivity index (χ0) is 14.9. The molecule has 9 heteroatoms. The van der Waals surface area contributed by atoms with E-state index in [1.54, 1.807) is 23.5 Å². The second-order valence-corrected chi connectivity index (χ2v) is 4.09. The molecule has 0 aliphatic heterocycles. The molecular formula is C11H6ClF4N3O. The third-order valence-corrected chi connectivity index (χ3v) is 2.60. The van der Waals surface area contributed by atoms with Crippen molar-refractivity contribution in [2.75, 3.05) is 5.32 Å². The lowest BCUT2D eigenvalue weighted by atomic mass is 10.3. The van der Waals surface area contributed by atoms with Gasteiger partial charge < -0.3 is 5.32 Å². The van der Waals surface area contributed by atoms with Gasteiger partial charge in [0.2, 0.25) is 0 Å². The summed E-state index contributed by atoms with van der Waals surface area (Å²) in [6.45, 7) is 0. The Kier molecular flexibility index (Phi) is 3.76. The van der Waals surface area contributed by atoms with Crippen LogP contribution in [-0.2, 0) is 4.79 Å². The third-order valence-electron chi connectivity index (χ3n) is 2.34. The van der Waals surface area contributed by atoms with E-state index in [0.29, 0.717) is 5.52 Å². The van der Waals surface area contributed by atoms with Crippen LogP contribution in [0.4, 0.5) is 23.4 Å². The number of aromatic nitrogens is 2. The van der Waals surface area contributed by atoms with Crippen molar-refractivity contribution < 1.29 is 22.4 Å². The lowest BCUT2D eigenvalue weighted by Crippen LogP contribution is -2.41. The van der Waals surface area contributed by atoms with Crippen LogP contribution in [0, 0.1) is 0 Å². The van der Waals surface area contributed by atoms with Gasteiger partial charge in [-0.15, -0.1) is 0 Å². The minimum atomic E-state index is -4.84. The average molecular weight is 308 g/mol. The summed E-state index contributed by atoms with van der Waals surface area (Å²) in [4.78, 5) is 18.7. The summed E-state index contributed by atoms with van der Waals surface area (Å²) in [5, 5.41) is 1.18. The van der Waals surface area contributed by atoms with E-state index >= 15 is 0 Å². The van der Waals surface area contributed by atoms with Gasteiger partial charge in [0.1, 0.15) is 0 Å². The molecule has 1 amide bonds. The number of nitrogens with one attached hydrogen (secondary N) is 1. The minimum Gasteiger partial charge on any atom is -0.303 e. The Morgan fingerprint density at radius 3 is 2.30 bits per heavy atom. The number of hydrogen-bond acceptors (Lipinski definition) is 3. The van der Waals surface area contributed by atoms with E-state index in [2.05, 4.69) is 9.97 Å². The molecule has 1 aromatic heterocycles. The van der Waals surface area contributed by atoms with Crippen molar-refractivity contribution in [3.8, 4) is 0 Å². The molecule has 2 rings (SSSR count). The quantitative estimate of drug-likeness (QED) is 0.886. The number of amides is 1. The maximum Gasteiger partial charge on any atom is 0.383 e. The number of anilines is 1. The first-order valence-corrected chi connectivity index (χ1v) is 5.60. The number of fused-ring (bicyclic) bond motifs is 1. The fourth-order valence-electron chi connectivity index (χ4n) is 1.35. The van der Waals surface area contributed by atoms with Crippen LogP contribution in [0.3, 0.4) is 0 Å². The highest BCUT2D eigenvalue weighted by atomic mass is 35.5. The number of rotatable bonds is 3. The molecule has 0 bridgehead atoms. The van der Waals surface area contributed by atoms with E-state index in [0.717, 1.165) is 0 Å². The SMILES string of the molecule is O=C(Nc1nc2ccccc2nc1Cl)C(F)(F)C(F)F. The Hall–Kier alpha value is -1.96. The largest absolute Gasteiger partial charge is 0.383 e. The van der Waals surface area contributed by atoms with E-state index in [1.807, 2.05) is 0 Å². The summed E-state index contributed by atoms with van der Waals surface area (Å²) in [7, 11) is 0. The van der Waals surface area contributed by atoms with Gasteiger partial charge >= 0.3 is 18.3 Å². The van der Waals surface area contributed by atoms with Gasteiger partial charge in [-0.3, -0.25) is 4.79 Å². The van der Waals surface area contributed by atoms with Crippen molar-refractivity contribution in [2.45, 2.75) is 12.3 Å². The molecule has 20 heavy (non-hydrogen) atoms. The molecule has 0 radical (unpaired) electrons. The highest BCUT2D eigenvalue weighted by Gasteiger charge is 2.49. The number of alkyl halides is 4. The van der Waals surface area contributed by atoms with Gasteiger partial charge in [-0.1, -0.05) is 23.7 Å². The number of benzene rings is 1. The highest BCUT2D eigenvalue weighted by molar-refractivity contribution is 6.32. The van der Waals surface area contributed by atoms with Gasteiger partial charge in [0.05, 0.1) is 11.0 Å². The predicted molar refractivity (Wildman–Crippen MR) is 64.1 cm³/mol. The monoisotopic (exact) mass is 307 g/mol. The maximum atomic E-state index is 12.8. The van der Waals surface area contributed by atoms with Crippen molar-refractivity contribution in [2.24, 2.45) is 0 Å². The van der Waals surface area contributed by atoms with Gasteiger partial charge in [0.15, 0.2) is 11.0 Å². The molecule has 0 aliphatic carbocycles. The molecule has 0 saturated heterocycles. The van der Waals surface area contributed by atoms with Gasteiger partial charge in [0, 0.05) is 0 Å². The Morgan fingerprint density at radius 1 is 1.20 bits per heavy atom. The zero-order valence-electron chi connectivity index (χ0n) is 9.58. The van der Waals surface area contributed by atoms with Gasteiger partial charge in [-0.25, -0.2) is 18.7 Å². The first-order valence-electron chi connectivity index (χ1n) is 5.22. The molecule has 0 fully saturated rings. The van der Waals surface area contributed by atoms with Gasteiger partial charge in [-0.05, 0) is 12.1 Å². The Bertz CT molecular complexity index is 665. The molecule has 0 saturated carbocycles. The molecule has 4 nitrogen and oxygen atoms in total. The number of carbonyl (C=O) groups is 1. The topological polar surface area (TPSA) is 54.9 Å². The van der Waals surface area contributed by atoms with Crippen LogP contribution in [0.15, 0.2) is 24.3 Å². The molecule has 106 valence electrons. The lowest BCUT2D eigenvalue weighted by molar-refractivity contribution is -0.163. The van der Waals surface area contributed by atoms with E-state index in [4.69, 9.17) is 11.6 Å². The van der Waals surface area contributed by atoms with Crippen LogP contribution in [-0.4, -0.2) is 28.2 Å². The van der Waals surface area contributed by atoms with Crippen molar-refractivity contribution in [3.05, 3.63) is 29.4 Å². The Morgan fingerprint density at radius 2 is 1.75 bits per heavy atom. The fourth-order valence-corrected chi connectivity index (χ4v) is 1.53. The van der Waals surface area contributed by atoms with Crippen molar-refractivity contribution in [1.82, 2.24) is 9.97 Å². The highest BCUT2D eigenvalue weighted by Crippen LogP contribution is 2.27. The van der Waals surface area contributed by atoms with E-state index in [-0.39, 0.29) is 10.7 Å². The van der Waals surface area contributed by atoms with Crippen LogP contribution in [0.1, 0.15) is 0 Å². The van der Waals surface area contributed by atoms with Crippen LogP contribution in [0.5, 0.6) is 0 Å². The van der Waals surface area contributed by atoms with Crippen LogP contribution < -0.4 is 5.32 Å². The molecule has 1 heterocycles. The number of carbonyl (C=O) groups excluding carboxylic acids is 1. The summed E-state index contributed by atoms with van der Waals surface area (Å²) in [6, 6.07) is 6.31. The van der Waals surface area contributed by atoms with E-state index in [9.17, 15) is 22.4 Å². The molecule has 0 aliphatic rings. The van der Waals surface area contributed by atoms with Crippen LogP contribution in [0.2, 0.25) is 5.15 Å². The van der Waals surface area contributed by atoms with E-state index in [1.165, 1.54) is 6.07 Å². The van der Waals surface area contributed by atoms with Crippen LogP contribution in [0.25, 0.3) is 11.0 Å². The smallest absolute Gasteiger partial charge is 0.303 e. The van der Waals surface area contributed by atoms with Crippen molar-refractivity contribution >= 4 is 34.4 Å². The van der Waals surface area contributed by atoms with Crippen molar-refractivity contribution in [3.63, 3.8) is 0 Å². The molecule has 1 aromatic carbocycles. The molecular weight excluding hydrogens is 302 g/mol. The standard InChI is InChI=1S/C11H6ClF4N3O/c12-7-8(19-10(20)11(15,16)9(13)14)18-6-4-2-1-3-5(6)17-7/h1-4,9H,(H,18,19,20). The number of para-hydroxylation sites is 2. The molecule has 2 aromatic rings. The second kappa shape index (κ2) is 5.20. The first kappa shape index (κ1) is 14.4. The lowest BCUT2D eigenvalue weighted by Gasteiger charge is -2.14. The summed E-state index contributed by atoms with van der Waals surface area (Å²) in [5.74, 6) is -7.54. The maximum absolute atomic E-state index is 12.8. The predicted octanol–water partition coefficient (Wildman–Crippen LogP) is 3.12. The third kappa shape index (κ3) is 2.64. The van der Waals surface area contributed by atoms with Crippen molar-refractivity contribution in [1.29, 1.82) is 0 Å². The Labute approximate surface area is 114 Å². The second-order valence-electron chi connectivity index (χ2n) is 3.73. The van der Waals surface area contributed by atoms with Gasteiger partial charge in [0.25, 0.3) is 0 Å². The molecule has 0 atom stereocenters. The zero-order valence-corrected chi connectivity index (χ0v) is 10.3. The Balaban J connectivity index is 2.34. The molecule has 0 spiro atoms. The average Bonchev–Trinajstić information content (AvgIpc) is 2.39. The molecule has 0 unspecified atom stereocenters. The summed E-state index contributed by atoms with van der Waals surface area (Å²) >= 11 is 5.66.